The molecular weight excluding hydrogens is 415 g/mol. The fourth-order valence-electron chi connectivity index (χ4n) is 4.21. The van der Waals surface area contributed by atoms with E-state index in [0.29, 0.717) is 42.1 Å². The second kappa shape index (κ2) is 7.70. The molecule has 3 atom stereocenters. The predicted octanol–water partition coefficient (Wildman–Crippen LogP) is 3.40. The Bertz CT molecular complexity index is 1040. The zero-order valence-corrected chi connectivity index (χ0v) is 17.5. The van der Waals surface area contributed by atoms with Crippen molar-refractivity contribution in [2.75, 3.05) is 19.3 Å². The summed E-state index contributed by atoms with van der Waals surface area (Å²) >= 11 is 6.26. The number of halogens is 2. The van der Waals surface area contributed by atoms with Crippen molar-refractivity contribution in [1.29, 1.82) is 0 Å². The molecule has 29 heavy (non-hydrogen) atoms. The molecule has 2 aliphatic rings. The largest absolute Gasteiger partial charge is 0.341 e. The summed E-state index contributed by atoms with van der Waals surface area (Å²) in [6.07, 6.45) is 2.43. The predicted molar refractivity (Wildman–Crippen MR) is 111 cm³/mol. The Balaban J connectivity index is 1.51. The van der Waals surface area contributed by atoms with Crippen LogP contribution in [-0.4, -0.2) is 44.6 Å². The molecule has 0 radical (unpaired) electrons. The van der Waals surface area contributed by atoms with Crippen LogP contribution in [0.3, 0.4) is 0 Å². The fraction of sp³-hybridized carbons (Fsp3) is 0.381. The Kier molecular flexibility index (Phi) is 5.40. The summed E-state index contributed by atoms with van der Waals surface area (Å²) in [6.45, 7) is 0.923. The van der Waals surface area contributed by atoms with E-state index in [9.17, 15) is 17.6 Å². The summed E-state index contributed by atoms with van der Waals surface area (Å²) in [5.41, 5.74) is 2.00. The molecule has 1 aliphatic heterocycles. The monoisotopic (exact) mass is 436 g/mol. The summed E-state index contributed by atoms with van der Waals surface area (Å²) in [5.74, 6) is -0.514. The average Bonchev–Trinajstić information content (AvgIpc) is 3.32. The van der Waals surface area contributed by atoms with E-state index in [1.54, 1.807) is 17.0 Å². The van der Waals surface area contributed by atoms with Crippen LogP contribution in [-0.2, 0) is 14.8 Å². The summed E-state index contributed by atoms with van der Waals surface area (Å²) in [4.78, 5) is 14.7. The molecule has 1 N–H and O–H groups in total. The first kappa shape index (κ1) is 20.3. The zero-order valence-electron chi connectivity index (χ0n) is 15.9. The van der Waals surface area contributed by atoms with Crippen LogP contribution in [0.4, 0.5) is 4.39 Å². The van der Waals surface area contributed by atoms with Gasteiger partial charge < -0.3 is 4.90 Å². The SMILES string of the molecule is CS(=O)(=O)N[C@H]1CCN(C(=O)[C@@H]2C[C@H]2c2ccccc2-c2c(F)cccc2Cl)C1. The van der Waals surface area contributed by atoms with Crippen molar-refractivity contribution in [2.45, 2.75) is 24.8 Å². The van der Waals surface area contributed by atoms with Crippen molar-refractivity contribution < 1.29 is 17.6 Å². The average molecular weight is 437 g/mol. The number of sulfonamides is 1. The number of hydrogen-bond donors (Lipinski definition) is 1. The third-order valence-corrected chi connectivity index (χ3v) is 6.66. The minimum Gasteiger partial charge on any atom is -0.341 e. The van der Waals surface area contributed by atoms with E-state index in [0.717, 1.165) is 11.8 Å². The molecule has 0 aromatic heterocycles. The molecule has 1 heterocycles. The van der Waals surface area contributed by atoms with Gasteiger partial charge in [0.25, 0.3) is 0 Å². The smallest absolute Gasteiger partial charge is 0.226 e. The lowest BCUT2D eigenvalue weighted by atomic mass is 9.95. The van der Waals surface area contributed by atoms with Crippen LogP contribution in [0.2, 0.25) is 5.02 Å². The van der Waals surface area contributed by atoms with Gasteiger partial charge in [0.05, 0.1) is 11.3 Å². The molecule has 154 valence electrons. The second-order valence-electron chi connectivity index (χ2n) is 7.79. The van der Waals surface area contributed by atoms with Crippen molar-refractivity contribution in [1.82, 2.24) is 9.62 Å². The van der Waals surface area contributed by atoms with E-state index < -0.39 is 10.0 Å². The van der Waals surface area contributed by atoms with E-state index in [4.69, 9.17) is 11.6 Å². The highest BCUT2D eigenvalue weighted by molar-refractivity contribution is 7.88. The highest BCUT2D eigenvalue weighted by Gasteiger charge is 2.47. The topological polar surface area (TPSA) is 66.5 Å². The fourth-order valence-corrected chi connectivity index (χ4v) is 5.27. The van der Waals surface area contributed by atoms with Crippen LogP contribution in [0.25, 0.3) is 11.1 Å². The number of likely N-dealkylation sites (tertiary alicyclic amines) is 1. The van der Waals surface area contributed by atoms with Gasteiger partial charge in [-0.05, 0) is 42.0 Å². The quantitative estimate of drug-likeness (QED) is 0.781. The first-order valence-corrected chi connectivity index (χ1v) is 11.8. The molecule has 2 aromatic carbocycles. The lowest BCUT2D eigenvalue weighted by molar-refractivity contribution is -0.131. The van der Waals surface area contributed by atoms with E-state index in [2.05, 4.69) is 4.72 Å². The zero-order chi connectivity index (χ0) is 20.8. The van der Waals surface area contributed by atoms with Crippen LogP contribution in [0, 0.1) is 11.7 Å². The Morgan fingerprint density at radius 3 is 2.69 bits per heavy atom. The molecule has 1 amide bonds. The van der Waals surface area contributed by atoms with Gasteiger partial charge in [0.15, 0.2) is 0 Å². The molecule has 0 unspecified atom stereocenters. The number of rotatable bonds is 5. The molecule has 4 rings (SSSR count). The normalized spacial score (nSPS) is 24.0. The molecule has 2 aromatic rings. The maximum absolute atomic E-state index is 14.5. The number of benzene rings is 2. The van der Waals surface area contributed by atoms with Crippen molar-refractivity contribution in [3.63, 3.8) is 0 Å². The molecule has 1 aliphatic carbocycles. The third-order valence-electron chi connectivity index (χ3n) is 5.58. The third kappa shape index (κ3) is 4.32. The molecule has 1 saturated heterocycles. The van der Waals surface area contributed by atoms with E-state index in [-0.39, 0.29) is 29.6 Å². The van der Waals surface area contributed by atoms with Gasteiger partial charge in [0.2, 0.25) is 15.9 Å². The van der Waals surface area contributed by atoms with Crippen molar-refractivity contribution in [3.05, 3.63) is 58.9 Å². The second-order valence-corrected chi connectivity index (χ2v) is 9.98. The maximum atomic E-state index is 14.5. The van der Waals surface area contributed by atoms with Gasteiger partial charge in [-0.15, -0.1) is 0 Å². The number of carbonyl (C=O) groups is 1. The Hall–Kier alpha value is -1.96. The molecule has 1 saturated carbocycles. The Labute approximate surface area is 174 Å². The van der Waals surface area contributed by atoms with E-state index in [1.165, 1.54) is 6.07 Å². The van der Waals surface area contributed by atoms with Crippen LogP contribution >= 0.6 is 11.6 Å². The van der Waals surface area contributed by atoms with Gasteiger partial charge in [-0.2, -0.15) is 0 Å². The molecule has 8 heteroatoms. The molecular formula is C21H22ClFN2O3S. The van der Waals surface area contributed by atoms with Crippen molar-refractivity contribution >= 4 is 27.5 Å². The van der Waals surface area contributed by atoms with Gasteiger partial charge in [0.1, 0.15) is 5.82 Å². The lowest BCUT2D eigenvalue weighted by Gasteiger charge is -2.17. The highest BCUT2D eigenvalue weighted by atomic mass is 35.5. The lowest BCUT2D eigenvalue weighted by Crippen LogP contribution is -2.38. The summed E-state index contributed by atoms with van der Waals surface area (Å²) in [7, 11) is -3.30. The van der Waals surface area contributed by atoms with Gasteiger partial charge >= 0.3 is 0 Å². The van der Waals surface area contributed by atoms with Crippen LogP contribution in [0.15, 0.2) is 42.5 Å². The number of hydrogen-bond acceptors (Lipinski definition) is 3. The van der Waals surface area contributed by atoms with Crippen LogP contribution < -0.4 is 4.72 Å². The Morgan fingerprint density at radius 1 is 1.21 bits per heavy atom. The molecule has 5 nitrogen and oxygen atoms in total. The van der Waals surface area contributed by atoms with E-state index >= 15 is 0 Å². The van der Waals surface area contributed by atoms with Gasteiger partial charge in [-0.1, -0.05) is 41.9 Å². The van der Waals surface area contributed by atoms with Gasteiger partial charge in [-0.25, -0.2) is 17.5 Å². The minimum atomic E-state index is -3.30. The van der Waals surface area contributed by atoms with Crippen molar-refractivity contribution in [2.24, 2.45) is 5.92 Å². The van der Waals surface area contributed by atoms with Crippen molar-refractivity contribution in [3.8, 4) is 11.1 Å². The van der Waals surface area contributed by atoms with Crippen LogP contribution in [0.1, 0.15) is 24.3 Å². The van der Waals surface area contributed by atoms with Gasteiger partial charge in [-0.3, -0.25) is 4.79 Å². The van der Waals surface area contributed by atoms with Gasteiger partial charge in [0, 0.05) is 30.6 Å². The molecule has 0 bridgehead atoms. The number of carbonyl (C=O) groups excluding carboxylic acids is 1. The maximum Gasteiger partial charge on any atom is 0.226 e. The first-order chi connectivity index (χ1) is 13.7. The number of nitrogens with zero attached hydrogens (tertiary/aromatic N) is 1. The number of amides is 1. The number of nitrogens with one attached hydrogen (secondary N) is 1. The summed E-state index contributed by atoms with van der Waals surface area (Å²) in [5, 5.41) is 0.343. The minimum absolute atomic E-state index is 0.0105. The summed E-state index contributed by atoms with van der Waals surface area (Å²) in [6, 6.07) is 11.9. The summed E-state index contributed by atoms with van der Waals surface area (Å²) < 4.78 is 39.9. The Morgan fingerprint density at radius 2 is 1.97 bits per heavy atom. The molecule has 0 spiro atoms. The standard InChI is InChI=1S/C21H22ClFN2O3S/c1-29(27,28)24-13-9-10-25(12-13)21(26)17-11-16(17)14-5-2-3-6-15(14)20-18(22)7-4-8-19(20)23/h2-8,13,16-17,24H,9-12H2,1H3/t13-,16-,17+/m0/s1. The highest BCUT2D eigenvalue weighted by Crippen LogP contribution is 2.52. The van der Waals surface area contributed by atoms with E-state index in [1.807, 2.05) is 24.3 Å². The van der Waals surface area contributed by atoms with Crippen LogP contribution in [0.5, 0.6) is 0 Å². The first-order valence-electron chi connectivity index (χ1n) is 9.54. The molecule has 2 fully saturated rings.